The number of benzene rings is 2. The van der Waals surface area contributed by atoms with Crippen LogP contribution in [-0.4, -0.2) is 29.0 Å². The Morgan fingerprint density at radius 3 is 2.50 bits per heavy atom. The zero-order valence-corrected chi connectivity index (χ0v) is 17.2. The molecule has 0 bridgehead atoms. The van der Waals surface area contributed by atoms with Gasteiger partial charge in [-0.3, -0.25) is 0 Å². The summed E-state index contributed by atoms with van der Waals surface area (Å²) in [4.78, 5) is 0. The highest BCUT2D eigenvalue weighted by Crippen LogP contribution is 2.38. The van der Waals surface area contributed by atoms with Gasteiger partial charge in [0, 0.05) is 17.9 Å². The summed E-state index contributed by atoms with van der Waals surface area (Å²) < 4.78 is 6.16. The van der Waals surface area contributed by atoms with Crippen molar-refractivity contribution in [2.75, 3.05) is 6.61 Å². The molecule has 3 atom stereocenters. The fraction of sp³-hybridized carbons (Fsp3) is 0.500. The number of halogens is 1. The number of hydrogen-bond acceptors (Lipinski definition) is 3. The van der Waals surface area contributed by atoms with Crippen molar-refractivity contribution in [2.45, 2.75) is 70.2 Å². The first kappa shape index (κ1) is 19.9. The molecule has 0 amide bonds. The second kappa shape index (κ2) is 8.54. The van der Waals surface area contributed by atoms with Crippen molar-refractivity contribution in [2.24, 2.45) is 0 Å². The van der Waals surface area contributed by atoms with E-state index in [0.717, 1.165) is 24.3 Å². The number of aliphatic hydroxyl groups is 2. The van der Waals surface area contributed by atoms with E-state index in [1.54, 1.807) is 0 Å². The van der Waals surface area contributed by atoms with Crippen LogP contribution in [0, 0.1) is 6.92 Å². The van der Waals surface area contributed by atoms with E-state index in [4.69, 9.17) is 16.3 Å². The molecule has 2 aromatic carbocycles. The molecule has 1 fully saturated rings. The second-order valence-electron chi connectivity index (χ2n) is 8.27. The predicted molar refractivity (Wildman–Crippen MR) is 112 cm³/mol. The Bertz CT molecular complexity index is 831. The summed E-state index contributed by atoms with van der Waals surface area (Å²) in [6.45, 7) is 2.15. The molecule has 4 rings (SSSR count). The first-order valence-corrected chi connectivity index (χ1v) is 10.8. The molecule has 0 spiro atoms. The van der Waals surface area contributed by atoms with Crippen LogP contribution in [0.5, 0.6) is 0 Å². The van der Waals surface area contributed by atoms with Gasteiger partial charge in [-0.15, -0.1) is 0 Å². The third-order valence-electron chi connectivity index (χ3n) is 6.31. The highest BCUT2D eigenvalue weighted by molar-refractivity contribution is 6.30. The predicted octanol–water partition coefficient (Wildman–Crippen LogP) is 4.69. The van der Waals surface area contributed by atoms with E-state index in [2.05, 4.69) is 25.1 Å². The molecule has 28 heavy (non-hydrogen) atoms. The lowest BCUT2D eigenvalue weighted by Gasteiger charge is -2.35. The van der Waals surface area contributed by atoms with Gasteiger partial charge in [0.05, 0.1) is 24.9 Å². The molecule has 0 aromatic heterocycles. The largest absolute Gasteiger partial charge is 0.394 e. The van der Waals surface area contributed by atoms with Crippen LogP contribution < -0.4 is 0 Å². The van der Waals surface area contributed by atoms with E-state index in [0.29, 0.717) is 12.8 Å². The van der Waals surface area contributed by atoms with Gasteiger partial charge >= 0.3 is 0 Å². The van der Waals surface area contributed by atoms with Crippen LogP contribution in [0.25, 0.3) is 0 Å². The maximum Gasteiger partial charge on any atom is 0.0857 e. The quantitative estimate of drug-likeness (QED) is 0.782. The van der Waals surface area contributed by atoms with E-state index >= 15 is 0 Å². The smallest absolute Gasteiger partial charge is 0.0857 e. The molecule has 150 valence electrons. The lowest BCUT2D eigenvalue weighted by molar-refractivity contribution is -0.114. The van der Waals surface area contributed by atoms with Crippen LogP contribution in [-0.2, 0) is 24.0 Å². The van der Waals surface area contributed by atoms with Crippen LogP contribution in [0.3, 0.4) is 0 Å². The summed E-state index contributed by atoms with van der Waals surface area (Å²) in [5.41, 5.74) is 8.08. The molecule has 3 nitrogen and oxygen atoms in total. The summed E-state index contributed by atoms with van der Waals surface area (Å²) in [5.74, 6) is 0. The van der Waals surface area contributed by atoms with Crippen molar-refractivity contribution >= 4 is 11.6 Å². The third-order valence-corrected chi connectivity index (χ3v) is 6.56. The summed E-state index contributed by atoms with van der Waals surface area (Å²) in [6, 6.07) is 10.4. The number of aliphatic hydroxyl groups excluding tert-OH is 2. The average Bonchev–Trinajstić information content (AvgIpc) is 2.71. The zero-order valence-electron chi connectivity index (χ0n) is 16.5. The first-order chi connectivity index (χ1) is 13.5. The topological polar surface area (TPSA) is 49.7 Å². The van der Waals surface area contributed by atoms with Crippen LogP contribution >= 0.6 is 11.6 Å². The van der Waals surface area contributed by atoms with Gasteiger partial charge in [-0.25, -0.2) is 0 Å². The molecule has 2 N–H and O–H groups in total. The van der Waals surface area contributed by atoms with Gasteiger partial charge in [-0.2, -0.15) is 0 Å². The lowest BCUT2D eigenvalue weighted by Crippen LogP contribution is -2.34. The molecule has 2 aliphatic rings. The highest BCUT2D eigenvalue weighted by Gasteiger charge is 2.31. The molecule has 1 aliphatic heterocycles. The standard InChI is InChI=1S/C24H29ClO3/c1-15-21-4-2-3-5-22(21)17(10-16-6-8-18(25)9-7-16)11-23(15)24-13-19(27)12-20(14-26)28-24/h6-9,11,19-20,24,26-27H,2-5,10,12-14H2,1H3. The van der Waals surface area contributed by atoms with Gasteiger partial charge in [-0.05, 0) is 84.5 Å². The minimum Gasteiger partial charge on any atom is -0.394 e. The maximum atomic E-state index is 10.3. The molecule has 4 heteroatoms. The van der Waals surface area contributed by atoms with Crippen molar-refractivity contribution in [1.29, 1.82) is 0 Å². The Balaban J connectivity index is 1.73. The Kier molecular flexibility index (Phi) is 6.07. The van der Waals surface area contributed by atoms with Gasteiger partial charge in [0.15, 0.2) is 0 Å². The van der Waals surface area contributed by atoms with Crippen LogP contribution in [0.15, 0.2) is 30.3 Å². The van der Waals surface area contributed by atoms with E-state index < -0.39 is 6.10 Å². The van der Waals surface area contributed by atoms with E-state index in [-0.39, 0.29) is 18.8 Å². The van der Waals surface area contributed by atoms with Gasteiger partial charge in [-0.1, -0.05) is 29.8 Å². The van der Waals surface area contributed by atoms with Gasteiger partial charge in [0.25, 0.3) is 0 Å². The second-order valence-corrected chi connectivity index (χ2v) is 8.71. The highest BCUT2D eigenvalue weighted by atomic mass is 35.5. The fourth-order valence-corrected chi connectivity index (χ4v) is 4.98. The van der Waals surface area contributed by atoms with E-state index in [1.165, 1.54) is 46.2 Å². The Morgan fingerprint density at radius 1 is 1.07 bits per heavy atom. The number of hydrogen-bond donors (Lipinski definition) is 2. The van der Waals surface area contributed by atoms with E-state index in [9.17, 15) is 10.2 Å². The Hall–Kier alpha value is -1.39. The van der Waals surface area contributed by atoms with Crippen LogP contribution in [0.4, 0.5) is 0 Å². The number of ether oxygens (including phenoxy) is 1. The molecule has 0 saturated carbocycles. The summed E-state index contributed by atoms with van der Waals surface area (Å²) >= 11 is 6.06. The summed E-state index contributed by atoms with van der Waals surface area (Å²) in [6.07, 6.45) is 5.83. The Labute approximate surface area is 172 Å². The van der Waals surface area contributed by atoms with E-state index in [1.807, 2.05) is 12.1 Å². The van der Waals surface area contributed by atoms with Crippen molar-refractivity contribution in [1.82, 2.24) is 0 Å². The molecule has 3 unspecified atom stereocenters. The van der Waals surface area contributed by atoms with Crippen molar-refractivity contribution in [3.63, 3.8) is 0 Å². The van der Waals surface area contributed by atoms with Crippen molar-refractivity contribution in [3.05, 3.63) is 68.7 Å². The Morgan fingerprint density at radius 2 is 1.79 bits per heavy atom. The minimum absolute atomic E-state index is 0.0464. The molecule has 0 radical (unpaired) electrons. The summed E-state index contributed by atoms with van der Waals surface area (Å²) in [5, 5.41) is 20.6. The molecule has 2 aromatic rings. The molecule has 1 aliphatic carbocycles. The minimum atomic E-state index is -0.425. The fourth-order valence-electron chi connectivity index (χ4n) is 4.85. The van der Waals surface area contributed by atoms with Gasteiger partial charge in [0.2, 0.25) is 0 Å². The number of rotatable bonds is 4. The molecule has 1 heterocycles. The zero-order chi connectivity index (χ0) is 19.7. The first-order valence-electron chi connectivity index (χ1n) is 10.4. The molecular weight excluding hydrogens is 372 g/mol. The van der Waals surface area contributed by atoms with Crippen molar-refractivity contribution in [3.8, 4) is 0 Å². The number of fused-ring (bicyclic) bond motifs is 1. The lowest BCUT2D eigenvalue weighted by atomic mass is 9.80. The van der Waals surface area contributed by atoms with Crippen LogP contribution in [0.2, 0.25) is 5.02 Å². The normalized spacial score (nSPS) is 24.8. The summed E-state index contributed by atoms with van der Waals surface area (Å²) in [7, 11) is 0. The van der Waals surface area contributed by atoms with Crippen LogP contribution in [0.1, 0.15) is 65.2 Å². The maximum absolute atomic E-state index is 10.3. The monoisotopic (exact) mass is 400 g/mol. The van der Waals surface area contributed by atoms with Gasteiger partial charge in [0.1, 0.15) is 0 Å². The average molecular weight is 401 g/mol. The molecule has 1 saturated heterocycles. The third kappa shape index (κ3) is 4.13. The molecular formula is C24H29ClO3. The SMILES string of the molecule is Cc1c(C2CC(O)CC(CO)O2)cc(Cc2ccc(Cl)cc2)c2c1CCCC2. The van der Waals surface area contributed by atoms with Gasteiger partial charge < -0.3 is 14.9 Å². The van der Waals surface area contributed by atoms with Crippen molar-refractivity contribution < 1.29 is 14.9 Å².